The van der Waals surface area contributed by atoms with Gasteiger partial charge in [-0.05, 0) is 30.9 Å². The van der Waals surface area contributed by atoms with Gasteiger partial charge in [-0.1, -0.05) is 33.1 Å². The zero-order valence-corrected chi connectivity index (χ0v) is 9.94. The molecule has 0 amide bonds. The van der Waals surface area contributed by atoms with Crippen molar-refractivity contribution in [3.8, 4) is 0 Å². The maximum atomic E-state index is 7.16. The van der Waals surface area contributed by atoms with Crippen LogP contribution in [0.15, 0.2) is 0 Å². The predicted molar refractivity (Wildman–Crippen MR) is 62.1 cm³/mol. The van der Waals surface area contributed by atoms with Gasteiger partial charge in [-0.3, -0.25) is 0 Å². The average Bonchev–Trinajstić information content (AvgIpc) is 2.23. The van der Waals surface area contributed by atoms with Crippen molar-refractivity contribution in [2.45, 2.75) is 52.4 Å². The van der Waals surface area contributed by atoms with E-state index < -0.39 is 0 Å². The van der Waals surface area contributed by atoms with Gasteiger partial charge < -0.3 is 10.1 Å². The summed E-state index contributed by atoms with van der Waals surface area (Å²) in [6.07, 6.45) is 8.94. The third-order valence-corrected chi connectivity index (χ3v) is 2.90. The molecule has 1 rings (SSSR count). The van der Waals surface area contributed by atoms with E-state index in [0.29, 0.717) is 5.41 Å². The van der Waals surface area contributed by atoms with Crippen LogP contribution in [0.4, 0.5) is 0 Å². The van der Waals surface area contributed by atoms with Crippen LogP contribution in [0.2, 0.25) is 0 Å². The monoisotopic (exact) mass is 199 g/mol. The zero-order chi connectivity index (χ0) is 10.9. The summed E-state index contributed by atoms with van der Waals surface area (Å²) in [4.78, 5) is 0. The lowest BCUT2D eigenvalue weighted by Gasteiger charge is -2.35. The number of ether oxygens (including phenoxy) is 1. The van der Waals surface area contributed by atoms with Crippen molar-refractivity contribution in [2.24, 2.45) is 5.41 Å². The van der Waals surface area contributed by atoms with E-state index in [9.17, 15) is 0 Å². The van der Waals surface area contributed by atoms with Gasteiger partial charge in [0.05, 0.1) is 6.61 Å². The normalized spacial score (nSPS) is 19.4. The van der Waals surface area contributed by atoms with Crippen LogP contribution in [0.3, 0.4) is 0 Å². The molecule has 0 atom stereocenters. The first-order valence-corrected chi connectivity index (χ1v) is 5.81. The molecular formula is C12H25NO. The predicted octanol–water partition coefficient (Wildman–Crippen LogP) is 3.65. The summed E-state index contributed by atoms with van der Waals surface area (Å²) in [5.41, 5.74) is 0.314. The van der Waals surface area contributed by atoms with Crippen molar-refractivity contribution < 1.29 is 4.74 Å². The number of nitrogens with one attached hydrogen (secondary N) is 1. The maximum Gasteiger partial charge on any atom is 0.0522 e. The Morgan fingerprint density at radius 2 is 1.79 bits per heavy atom. The second-order valence-corrected chi connectivity index (χ2v) is 3.90. The summed E-state index contributed by atoms with van der Waals surface area (Å²) >= 11 is 0. The van der Waals surface area contributed by atoms with Gasteiger partial charge in [-0.15, -0.1) is 0 Å². The van der Waals surface area contributed by atoms with Crippen LogP contribution in [-0.4, -0.2) is 19.9 Å². The molecule has 0 aromatic carbocycles. The highest BCUT2D eigenvalue weighted by molar-refractivity contribution is 5.54. The first-order valence-electron chi connectivity index (χ1n) is 5.81. The van der Waals surface area contributed by atoms with Crippen molar-refractivity contribution in [1.82, 2.24) is 0 Å². The fraction of sp³-hybridized carbons (Fsp3) is 0.917. The van der Waals surface area contributed by atoms with Crippen molar-refractivity contribution in [3.63, 3.8) is 0 Å². The molecule has 0 bridgehead atoms. The molecule has 1 aliphatic carbocycles. The lowest BCUT2D eigenvalue weighted by atomic mass is 9.73. The molecule has 0 spiro atoms. The lowest BCUT2D eigenvalue weighted by molar-refractivity contribution is 0.0547. The Morgan fingerprint density at radius 3 is 2.21 bits per heavy atom. The minimum absolute atomic E-state index is 0.314. The Morgan fingerprint density at radius 1 is 1.21 bits per heavy atom. The fourth-order valence-corrected chi connectivity index (χ4v) is 2.23. The molecule has 1 fully saturated rings. The first-order chi connectivity index (χ1) is 6.83. The second kappa shape index (κ2) is 7.98. The van der Waals surface area contributed by atoms with Crippen molar-refractivity contribution >= 4 is 6.21 Å². The van der Waals surface area contributed by atoms with E-state index in [1.165, 1.54) is 32.1 Å². The highest BCUT2D eigenvalue weighted by Crippen LogP contribution is 2.38. The summed E-state index contributed by atoms with van der Waals surface area (Å²) in [5.74, 6) is 0. The Balaban J connectivity index is 0.000000791. The lowest BCUT2D eigenvalue weighted by Crippen LogP contribution is -2.29. The molecule has 0 aliphatic heterocycles. The summed E-state index contributed by atoms with van der Waals surface area (Å²) in [7, 11) is 1.76. The molecule has 1 N–H and O–H groups in total. The second-order valence-electron chi connectivity index (χ2n) is 3.90. The Kier molecular flexibility index (Phi) is 7.77. The third kappa shape index (κ3) is 4.23. The van der Waals surface area contributed by atoms with Crippen LogP contribution in [0.5, 0.6) is 0 Å². The minimum atomic E-state index is 0.314. The summed E-state index contributed by atoms with van der Waals surface area (Å²) in [6, 6.07) is 0. The molecule has 0 heterocycles. The van der Waals surface area contributed by atoms with Gasteiger partial charge in [0, 0.05) is 7.11 Å². The van der Waals surface area contributed by atoms with E-state index in [-0.39, 0.29) is 0 Å². The number of hydrogen-bond donors (Lipinski definition) is 1. The van der Waals surface area contributed by atoms with Crippen molar-refractivity contribution in [2.75, 3.05) is 13.7 Å². The molecule has 2 heteroatoms. The molecule has 2 nitrogen and oxygen atoms in total. The molecule has 84 valence electrons. The van der Waals surface area contributed by atoms with E-state index in [1.807, 2.05) is 13.8 Å². The Hall–Kier alpha value is -0.370. The van der Waals surface area contributed by atoms with Gasteiger partial charge in [-0.2, -0.15) is 0 Å². The third-order valence-electron chi connectivity index (χ3n) is 2.90. The maximum absolute atomic E-state index is 7.16. The largest absolute Gasteiger partial charge is 0.384 e. The van der Waals surface area contributed by atoms with Crippen LogP contribution < -0.4 is 0 Å². The highest BCUT2D eigenvalue weighted by atomic mass is 16.5. The van der Waals surface area contributed by atoms with Crippen LogP contribution in [0.25, 0.3) is 0 Å². The summed E-state index contributed by atoms with van der Waals surface area (Å²) in [6.45, 7) is 4.84. The fourth-order valence-electron chi connectivity index (χ4n) is 2.23. The van der Waals surface area contributed by atoms with Crippen LogP contribution in [0.1, 0.15) is 52.4 Å². The number of methoxy groups -OCH3 is 1. The van der Waals surface area contributed by atoms with Crippen molar-refractivity contribution in [3.05, 3.63) is 0 Å². The molecular weight excluding hydrogens is 174 g/mol. The molecule has 0 saturated heterocycles. The van der Waals surface area contributed by atoms with E-state index in [4.69, 9.17) is 10.1 Å². The summed E-state index contributed by atoms with van der Waals surface area (Å²) < 4.78 is 5.23. The van der Waals surface area contributed by atoms with Gasteiger partial charge in [0.15, 0.2) is 0 Å². The van der Waals surface area contributed by atoms with E-state index >= 15 is 0 Å². The summed E-state index contributed by atoms with van der Waals surface area (Å²) in [5, 5.41) is 7.16. The molecule has 14 heavy (non-hydrogen) atoms. The molecule has 0 unspecified atom stereocenters. The van der Waals surface area contributed by atoms with E-state index in [2.05, 4.69) is 0 Å². The molecule has 1 aliphatic rings. The topological polar surface area (TPSA) is 33.1 Å². The average molecular weight is 199 g/mol. The van der Waals surface area contributed by atoms with Gasteiger partial charge in [-0.25, -0.2) is 0 Å². The van der Waals surface area contributed by atoms with Crippen LogP contribution in [0, 0.1) is 10.8 Å². The van der Waals surface area contributed by atoms with Gasteiger partial charge in [0.25, 0.3) is 0 Å². The quantitative estimate of drug-likeness (QED) is 0.689. The van der Waals surface area contributed by atoms with Gasteiger partial charge in [0.2, 0.25) is 0 Å². The number of hydrogen-bond acceptors (Lipinski definition) is 2. The standard InChI is InChI=1S/C10H19NO.C2H6/c1-12-9-10(7-8-11)5-3-2-4-6-10;1-2/h8,11H,2-7,9H2,1H3;1-2H3. The first kappa shape index (κ1) is 13.6. The van der Waals surface area contributed by atoms with E-state index in [0.717, 1.165) is 13.0 Å². The molecule has 0 aromatic heterocycles. The zero-order valence-electron chi connectivity index (χ0n) is 9.94. The van der Waals surface area contributed by atoms with Crippen LogP contribution in [-0.2, 0) is 4.74 Å². The Labute approximate surface area is 88.6 Å². The van der Waals surface area contributed by atoms with Gasteiger partial charge in [0.1, 0.15) is 0 Å². The number of rotatable bonds is 4. The Bertz CT molecular complexity index is 134. The van der Waals surface area contributed by atoms with Crippen LogP contribution >= 0.6 is 0 Å². The molecule has 0 aromatic rings. The minimum Gasteiger partial charge on any atom is -0.384 e. The van der Waals surface area contributed by atoms with E-state index in [1.54, 1.807) is 13.3 Å². The SMILES string of the molecule is CC.COCC1(CC=N)CCCCC1. The molecule has 0 radical (unpaired) electrons. The van der Waals surface area contributed by atoms with Crippen molar-refractivity contribution in [1.29, 1.82) is 5.41 Å². The highest BCUT2D eigenvalue weighted by Gasteiger charge is 2.30. The smallest absolute Gasteiger partial charge is 0.0522 e. The molecule has 1 saturated carbocycles. The van der Waals surface area contributed by atoms with Gasteiger partial charge >= 0.3 is 0 Å².